The summed E-state index contributed by atoms with van der Waals surface area (Å²) in [6.45, 7) is 6.62. The van der Waals surface area contributed by atoms with Crippen LogP contribution in [0.4, 0.5) is 0 Å². The summed E-state index contributed by atoms with van der Waals surface area (Å²) in [7, 11) is 3.19. The molecule has 4 rings (SSSR count). The Hall–Kier alpha value is -3.56. The lowest BCUT2D eigenvalue weighted by molar-refractivity contribution is -0.118. The molecular formula is C28H29N3O4S2. The molecule has 2 aromatic heterocycles. The van der Waals surface area contributed by atoms with E-state index in [1.54, 1.807) is 24.9 Å². The molecule has 192 valence electrons. The summed E-state index contributed by atoms with van der Waals surface area (Å²) in [5, 5.41) is 6.01. The first-order valence-corrected chi connectivity index (χ1v) is 13.6. The lowest BCUT2D eigenvalue weighted by atomic mass is 10.1. The average Bonchev–Trinajstić information content (AvgIpc) is 3.33. The lowest BCUT2D eigenvalue weighted by Gasteiger charge is -2.12. The number of nitrogens with one attached hydrogen (secondary N) is 1. The van der Waals surface area contributed by atoms with Crippen molar-refractivity contribution in [1.82, 2.24) is 14.9 Å². The summed E-state index contributed by atoms with van der Waals surface area (Å²) in [6, 6.07) is 13.8. The van der Waals surface area contributed by atoms with E-state index in [-0.39, 0.29) is 17.2 Å². The maximum absolute atomic E-state index is 13.5. The van der Waals surface area contributed by atoms with Crippen LogP contribution < -0.4 is 20.3 Å². The fraction of sp³-hybridized carbons (Fsp3) is 0.250. The molecule has 1 N–H and O–H groups in total. The summed E-state index contributed by atoms with van der Waals surface area (Å²) in [4.78, 5) is 31.4. The molecule has 2 heterocycles. The van der Waals surface area contributed by atoms with Crippen molar-refractivity contribution in [3.8, 4) is 22.6 Å². The molecule has 4 aromatic rings. The molecule has 0 bridgehead atoms. The number of amides is 1. The molecule has 1 amide bonds. The normalized spacial score (nSPS) is 10.9. The number of methoxy groups -OCH3 is 2. The van der Waals surface area contributed by atoms with Crippen molar-refractivity contribution in [2.45, 2.75) is 25.0 Å². The number of thiophene rings is 1. The fourth-order valence-corrected chi connectivity index (χ4v) is 5.74. The van der Waals surface area contributed by atoms with Gasteiger partial charge in [0.1, 0.15) is 4.83 Å². The van der Waals surface area contributed by atoms with Gasteiger partial charge in [0.25, 0.3) is 5.56 Å². The molecule has 0 aliphatic heterocycles. The van der Waals surface area contributed by atoms with Crippen LogP contribution in [-0.2, 0) is 17.8 Å². The second-order valence-corrected chi connectivity index (χ2v) is 10.2. The molecule has 0 aliphatic rings. The first-order chi connectivity index (χ1) is 17.9. The van der Waals surface area contributed by atoms with Gasteiger partial charge >= 0.3 is 0 Å². The van der Waals surface area contributed by atoms with Gasteiger partial charge in [0, 0.05) is 24.0 Å². The van der Waals surface area contributed by atoms with Crippen LogP contribution in [0.3, 0.4) is 0 Å². The van der Waals surface area contributed by atoms with E-state index in [2.05, 4.69) is 11.9 Å². The van der Waals surface area contributed by atoms with Gasteiger partial charge in [-0.3, -0.25) is 14.2 Å². The smallest absolute Gasteiger partial charge is 0.263 e. The summed E-state index contributed by atoms with van der Waals surface area (Å²) in [5.74, 6) is 1.34. The van der Waals surface area contributed by atoms with Gasteiger partial charge in [0.15, 0.2) is 16.7 Å². The molecule has 9 heteroatoms. The Labute approximate surface area is 224 Å². The average molecular weight is 536 g/mol. The zero-order chi connectivity index (χ0) is 26.4. The molecule has 7 nitrogen and oxygen atoms in total. The molecule has 0 fully saturated rings. The lowest BCUT2D eigenvalue weighted by Crippen LogP contribution is -2.28. The Kier molecular flexibility index (Phi) is 8.68. The third-order valence-corrected chi connectivity index (χ3v) is 7.70. The van der Waals surface area contributed by atoms with E-state index in [1.165, 1.54) is 23.1 Å². The standard InChI is InChI=1S/C28H29N3O4S2/c1-5-14-31-27(33)25-21(20-9-6-18(2)7-10-20)16-36-26(25)30-28(31)37-17-24(32)29-13-12-19-8-11-22(34-3)23(15-19)35-4/h5-11,15-16H,1,12-14,17H2,2-4H3,(H,29,32). The van der Waals surface area contributed by atoms with Crippen molar-refractivity contribution in [2.75, 3.05) is 26.5 Å². The number of nitrogens with zero attached hydrogens (tertiary/aromatic N) is 2. The zero-order valence-electron chi connectivity index (χ0n) is 21.1. The molecule has 0 saturated carbocycles. The van der Waals surface area contributed by atoms with E-state index in [9.17, 15) is 9.59 Å². The van der Waals surface area contributed by atoms with Crippen molar-refractivity contribution in [1.29, 1.82) is 0 Å². The number of fused-ring (bicyclic) bond motifs is 1. The summed E-state index contributed by atoms with van der Waals surface area (Å²) >= 11 is 2.69. The highest BCUT2D eigenvalue weighted by Crippen LogP contribution is 2.32. The Morgan fingerprint density at radius 3 is 2.62 bits per heavy atom. The minimum atomic E-state index is -0.128. The van der Waals surface area contributed by atoms with Crippen molar-refractivity contribution >= 4 is 39.2 Å². The van der Waals surface area contributed by atoms with Gasteiger partial charge < -0.3 is 14.8 Å². The highest BCUT2D eigenvalue weighted by Gasteiger charge is 2.18. The number of thioether (sulfide) groups is 1. The van der Waals surface area contributed by atoms with Crippen molar-refractivity contribution in [2.24, 2.45) is 0 Å². The third-order valence-electron chi connectivity index (χ3n) is 5.85. The van der Waals surface area contributed by atoms with Gasteiger partial charge in [-0.1, -0.05) is 53.7 Å². The maximum Gasteiger partial charge on any atom is 0.263 e. The SMILES string of the molecule is C=CCn1c(SCC(=O)NCCc2ccc(OC)c(OC)c2)nc2scc(-c3ccc(C)cc3)c2c1=O. The Balaban J connectivity index is 1.45. The predicted octanol–water partition coefficient (Wildman–Crippen LogP) is 5.09. The largest absolute Gasteiger partial charge is 0.493 e. The van der Waals surface area contributed by atoms with E-state index in [0.29, 0.717) is 46.4 Å². The first-order valence-electron chi connectivity index (χ1n) is 11.8. The molecule has 2 aromatic carbocycles. The number of hydrogen-bond donors (Lipinski definition) is 1. The van der Waals surface area contributed by atoms with Crippen LogP contribution in [0.25, 0.3) is 21.3 Å². The summed E-state index contributed by atoms with van der Waals surface area (Å²) < 4.78 is 12.2. The maximum atomic E-state index is 13.5. The van der Waals surface area contributed by atoms with Gasteiger partial charge in [0.05, 0.1) is 25.4 Å². The van der Waals surface area contributed by atoms with Crippen molar-refractivity contribution in [3.05, 3.63) is 82.0 Å². The Morgan fingerprint density at radius 1 is 1.16 bits per heavy atom. The van der Waals surface area contributed by atoms with Crippen LogP contribution in [0.5, 0.6) is 11.5 Å². The van der Waals surface area contributed by atoms with E-state index >= 15 is 0 Å². The van der Waals surface area contributed by atoms with E-state index in [0.717, 1.165) is 22.3 Å². The van der Waals surface area contributed by atoms with Crippen LogP contribution in [0.1, 0.15) is 11.1 Å². The van der Waals surface area contributed by atoms with E-state index in [4.69, 9.17) is 14.5 Å². The number of benzene rings is 2. The Morgan fingerprint density at radius 2 is 1.92 bits per heavy atom. The Bertz CT molecular complexity index is 1480. The third kappa shape index (κ3) is 6.06. The second-order valence-electron chi connectivity index (χ2n) is 8.37. The molecule has 0 saturated heterocycles. The van der Waals surface area contributed by atoms with Crippen LogP contribution in [0, 0.1) is 6.92 Å². The van der Waals surface area contributed by atoms with Gasteiger partial charge in [-0.05, 0) is 36.6 Å². The quantitative estimate of drug-likeness (QED) is 0.164. The van der Waals surface area contributed by atoms with Crippen LogP contribution >= 0.6 is 23.1 Å². The van der Waals surface area contributed by atoms with Crippen LogP contribution in [0.15, 0.2) is 70.5 Å². The van der Waals surface area contributed by atoms with Crippen LogP contribution in [0.2, 0.25) is 0 Å². The minimum absolute atomic E-state index is 0.127. The number of aryl methyl sites for hydroxylation is 1. The minimum Gasteiger partial charge on any atom is -0.493 e. The monoisotopic (exact) mass is 535 g/mol. The van der Waals surface area contributed by atoms with E-state index in [1.807, 2.05) is 54.8 Å². The number of ether oxygens (including phenoxy) is 2. The molecular weight excluding hydrogens is 506 g/mol. The van der Waals surface area contributed by atoms with Gasteiger partial charge in [0.2, 0.25) is 5.91 Å². The highest BCUT2D eigenvalue weighted by atomic mass is 32.2. The van der Waals surface area contributed by atoms with Crippen molar-refractivity contribution in [3.63, 3.8) is 0 Å². The van der Waals surface area contributed by atoms with Gasteiger partial charge in [-0.2, -0.15) is 0 Å². The molecule has 0 radical (unpaired) electrons. The number of aromatic nitrogens is 2. The number of carbonyl (C=O) groups excluding carboxylic acids is 1. The van der Waals surface area contributed by atoms with Gasteiger partial charge in [-0.25, -0.2) is 4.98 Å². The molecule has 37 heavy (non-hydrogen) atoms. The van der Waals surface area contributed by atoms with E-state index < -0.39 is 0 Å². The number of hydrogen-bond acceptors (Lipinski definition) is 7. The number of carbonyl (C=O) groups is 1. The second kappa shape index (κ2) is 12.1. The predicted molar refractivity (Wildman–Crippen MR) is 151 cm³/mol. The molecule has 0 spiro atoms. The van der Waals surface area contributed by atoms with Crippen molar-refractivity contribution < 1.29 is 14.3 Å². The molecule has 0 unspecified atom stereocenters. The molecule has 0 atom stereocenters. The molecule has 0 aliphatic carbocycles. The zero-order valence-corrected chi connectivity index (χ0v) is 22.7. The fourth-order valence-electron chi connectivity index (χ4n) is 3.92. The first kappa shape index (κ1) is 26.5. The van der Waals surface area contributed by atoms with Gasteiger partial charge in [-0.15, -0.1) is 17.9 Å². The summed E-state index contributed by atoms with van der Waals surface area (Å²) in [6.07, 6.45) is 2.32. The summed E-state index contributed by atoms with van der Waals surface area (Å²) in [5.41, 5.74) is 3.92. The number of allylic oxidation sites excluding steroid dienone is 1. The number of rotatable bonds is 11. The topological polar surface area (TPSA) is 82.5 Å². The highest BCUT2D eigenvalue weighted by molar-refractivity contribution is 7.99. The van der Waals surface area contributed by atoms with Crippen LogP contribution in [-0.4, -0.2) is 42.0 Å².